The van der Waals surface area contributed by atoms with Crippen molar-refractivity contribution >= 4 is 21.6 Å². The Hall–Kier alpha value is -0.620. The lowest BCUT2D eigenvalue weighted by Crippen LogP contribution is -2.19. The first-order valence-electron chi connectivity index (χ1n) is 2.98. The summed E-state index contributed by atoms with van der Waals surface area (Å²) in [6, 6.07) is 5.82. The van der Waals surface area contributed by atoms with Crippen molar-refractivity contribution in [3.63, 3.8) is 0 Å². The molecular weight excluding hydrogens is 202 g/mol. The van der Waals surface area contributed by atoms with Crippen molar-refractivity contribution < 1.29 is 13.6 Å². The highest BCUT2D eigenvalue weighted by molar-refractivity contribution is 7.89. The van der Waals surface area contributed by atoms with E-state index in [0.29, 0.717) is 0 Å². The molecule has 66 valence electrons. The van der Waals surface area contributed by atoms with Crippen molar-refractivity contribution in [2.45, 2.75) is 4.90 Å². The fourth-order valence-corrected chi connectivity index (χ4v) is 1.83. The number of hydrogen-bond acceptors (Lipinski definition) is 3. The zero-order valence-corrected chi connectivity index (χ0v) is 7.43. The fraction of sp³-hybridized carbons (Fsp3) is 0. The van der Waals surface area contributed by atoms with Crippen LogP contribution < -0.4 is 4.89 Å². The van der Waals surface area contributed by atoms with Crippen LogP contribution in [-0.4, -0.2) is 13.6 Å². The molecule has 0 radical (unpaired) electrons. The maximum absolute atomic E-state index is 11.0. The van der Waals surface area contributed by atoms with Gasteiger partial charge in [0.05, 0.1) is 5.02 Å². The zero-order chi connectivity index (χ0) is 9.19. The molecule has 2 N–H and O–H groups in total. The second-order valence-corrected chi connectivity index (χ2v) is 4.06. The summed E-state index contributed by atoms with van der Waals surface area (Å²) in [5.41, 5.74) is 0. The molecule has 0 saturated heterocycles. The lowest BCUT2D eigenvalue weighted by atomic mass is 10.4. The van der Waals surface area contributed by atoms with E-state index in [2.05, 4.69) is 0 Å². The lowest BCUT2D eigenvalue weighted by Gasteiger charge is -2.01. The minimum absolute atomic E-state index is 0.0686. The number of halogens is 1. The molecule has 0 amide bonds. The Kier molecular flexibility index (Phi) is 2.69. The summed E-state index contributed by atoms with van der Waals surface area (Å²) in [7, 11) is -3.86. The Morgan fingerprint density at radius 3 is 2.42 bits per heavy atom. The van der Waals surface area contributed by atoms with E-state index in [0.717, 1.165) is 0 Å². The molecule has 0 fully saturated rings. The van der Waals surface area contributed by atoms with E-state index in [4.69, 9.17) is 16.8 Å². The van der Waals surface area contributed by atoms with Crippen LogP contribution in [0.25, 0.3) is 0 Å². The van der Waals surface area contributed by atoms with E-state index in [1.54, 1.807) is 6.07 Å². The summed E-state index contributed by atoms with van der Waals surface area (Å²) < 4.78 is 22.0. The minimum atomic E-state index is -3.86. The highest BCUT2D eigenvalue weighted by Gasteiger charge is 2.15. The van der Waals surface area contributed by atoms with Gasteiger partial charge in [0.25, 0.3) is 10.0 Å². The van der Waals surface area contributed by atoms with Crippen molar-refractivity contribution in [1.29, 1.82) is 0 Å². The number of hydrogen-bond donors (Lipinski definition) is 2. The van der Waals surface area contributed by atoms with Crippen LogP contribution in [0, 0.1) is 0 Å². The van der Waals surface area contributed by atoms with Crippen LogP contribution in [0.4, 0.5) is 0 Å². The van der Waals surface area contributed by atoms with Crippen LogP contribution >= 0.6 is 11.6 Å². The van der Waals surface area contributed by atoms with Crippen molar-refractivity contribution in [2.75, 3.05) is 0 Å². The van der Waals surface area contributed by atoms with E-state index in [1.807, 2.05) is 0 Å². The first-order valence-corrected chi connectivity index (χ1v) is 4.84. The second-order valence-electron chi connectivity index (χ2n) is 2.03. The third kappa shape index (κ3) is 1.75. The molecule has 0 aromatic heterocycles. The minimum Gasteiger partial charge on any atom is -0.302 e. The Labute approximate surface area is 74.8 Å². The largest absolute Gasteiger partial charge is 0.302 e. The van der Waals surface area contributed by atoms with Crippen molar-refractivity contribution in [3.8, 4) is 0 Å². The highest BCUT2D eigenvalue weighted by Crippen LogP contribution is 2.19. The molecule has 0 bridgehead atoms. The molecule has 0 spiro atoms. The first-order chi connectivity index (χ1) is 5.58. The summed E-state index contributed by atoms with van der Waals surface area (Å²) in [5.74, 6) is 0. The van der Waals surface area contributed by atoms with Gasteiger partial charge in [0.15, 0.2) is 0 Å². The van der Waals surface area contributed by atoms with Crippen LogP contribution in [0.3, 0.4) is 0 Å². The van der Waals surface area contributed by atoms with E-state index in [9.17, 15) is 8.42 Å². The Morgan fingerprint density at radius 2 is 1.92 bits per heavy atom. The van der Waals surface area contributed by atoms with Gasteiger partial charge < -0.3 is 5.21 Å². The summed E-state index contributed by atoms with van der Waals surface area (Å²) >= 11 is 5.56. The topological polar surface area (TPSA) is 66.4 Å². The van der Waals surface area contributed by atoms with Crippen LogP contribution in [0.5, 0.6) is 0 Å². The van der Waals surface area contributed by atoms with Gasteiger partial charge in [0.1, 0.15) is 4.90 Å². The summed E-state index contributed by atoms with van der Waals surface area (Å²) in [4.78, 5) is 1.04. The van der Waals surface area contributed by atoms with Crippen molar-refractivity contribution in [1.82, 2.24) is 4.89 Å². The number of sulfonamides is 1. The molecule has 12 heavy (non-hydrogen) atoms. The summed E-state index contributed by atoms with van der Waals surface area (Å²) in [6.45, 7) is 0. The maximum Gasteiger partial charge on any atom is 0.263 e. The molecule has 0 atom stereocenters. The second kappa shape index (κ2) is 3.40. The molecule has 1 rings (SSSR count). The maximum atomic E-state index is 11.0. The molecule has 1 aromatic rings. The van der Waals surface area contributed by atoms with Gasteiger partial charge in [0.2, 0.25) is 0 Å². The van der Waals surface area contributed by atoms with Gasteiger partial charge in [-0.05, 0) is 12.1 Å². The third-order valence-electron chi connectivity index (χ3n) is 1.25. The van der Waals surface area contributed by atoms with Crippen molar-refractivity contribution in [2.24, 2.45) is 0 Å². The average molecular weight is 208 g/mol. The quantitative estimate of drug-likeness (QED) is 0.712. The standard InChI is InChI=1S/C6H6ClNO3S/c7-5-3-1-2-4-6(5)12(10,11)8-9/h1-4,8-9H. The van der Waals surface area contributed by atoms with E-state index in [1.165, 1.54) is 23.1 Å². The summed E-state index contributed by atoms with van der Waals surface area (Å²) in [5, 5.41) is 8.34. The Morgan fingerprint density at radius 1 is 1.33 bits per heavy atom. The van der Waals surface area contributed by atoms with Gasteiger partial charge in [-0.1, -0.05) is 28.6 Å². The Balaban J connectivity index is 3.30. The summed E-state index contributed by atoms with van der Waals surface area (Å²) in [6.07, 6.45) is 0. The van der Waals surface area contributed by atoms with E-state index < -0.39 is 10.0 Å². The van der Waals surface area contributed by atoms with Gasteiger partial charge >= 0.3 is 0 Å². The molecule has 0 aliphatic carbocycles. The normalized spacial score (nSPS) is 11.5. The van der Waals surface area contributed by atoms with Gasteiger partial charge in [-0.3, -0.25) is 0 Å². The van der Waals surface area contributed by atoms with Crippen molar-refractivity contribution in [3.05, 3.63) is 29.3 Å². The number of nitrogens with one attached hydrogen (secondary N) is 1. The SMILES string of the molecule is O=S(=O)(NO)c1ccccc1Cl. The van der Waals surface area contributed by atoms with Gasteiger partial charge in [0, 0.05) is 0 Å². The van der Waals surface area contributed by atoms with Gasteiger partial charge in [-0.2, -0.15) is 0 Å². The molecule has 0 aliphatic rings. The predicted molar refractivity (Wildman–Crippen MR) is 43.6 cm³/mol. The average Bonchev–Trinajstić information content (AvgIpc) is 2.05. The van der Waals surface area contributed by atoms with Crippen LogP contribution in [0.1, 0.15) is 0 Å². The van der Waals surface area contributed by atoms with E-state index in [-0.39, 0.29) is 9.92 Å². The van der Waals surface area contributed by atoms with Gasteiger partial charge in [-0.15, -0.1) is 0 Å². The highest BCUT2D eigenvalue weighted by atomic mass is 35.5. The number of benzene rings is 1. The molecule has 0 heterocycles. The third-order valence-corrected chi connectivity index (χ3v) is 2.86. The smallest absolute Gasteiger partial charge is 0.263 e. The monoisotopic (exact) mass is 207 g/mol. The molecule has 0 saturated carbocycles. The molecule has 4 nitrogen and oxygen atoms in total. The van der Waals surface area contributed by atoms with E-state index >= 15 is 0 Å². The molecule has 1 aromatic carbocycles. The van der Waals surface area contributed by atoms with Gasteiger partial charge in [-0.25, -0.2) is 8.42 Å². The lowest BCUT2D eigenvalue weighted by molar-refractivity contribution is 0.242. The molecular formula is C6H6ClNO3S. The van der Waals surface area contributed by atoms with Crippen LogP contribution in [0.2, 0.25) is 5.02 Å². The zero-order valence-electron chi connectivity index (χ0n) is 5.86. The van der Waals surface area contributed by atoms with Crippen LogP contribution in [-0.2, 0) is 10.0 Å². The fourth-order valence-electron chi connectivity index (χ4n) is 0.712. The molecule has 6 heteroatoms. The molecule has 0 aliphatic heterocycles. The predicted octanol–water partition coefficient (Wildman–Crippen LogP) is 1.01. The first kappa shape index (κ1) is 9.47. The molecule has 0 unspecified atom stereocenters. The van der Waals surface area contributed by atoms with Crippen LogP contribution in [0.15, 0.2) is 29.2 Å². The Bertz CT molecular complexity index is 376. The number of rotatable bonds is 2.